The van der Waals surface area contributed by atoms with Crippen molar-refractivity contribution in [2.24, 2.45) is 0 Å². The highest BCUT2D eigenvalue weighted by Gasteiger charge is 2.28. The number of sulfonamides is 1. The number of carbonyl (C=O) groups excluding carboxylic acids is 1. The minimum absolute atomic E-state index is 0.0348. The maximum absolute atomic E-state index is 12.2. The monoisotopic (exact) mass is 346 g/mol. The highest BCUT2D eigenvalue weighted by Crippen LogP contribution is 2.23. The van der Waals surface area contributed by atoms with E-state index in [-0.39, 0.29) is 16.8 Å². The van der Waals surface area contributed by atoms with Gasteiger partial charge in [0.05, 0.1) is 12.0 Å². The molecule has 0 aliphatic heterocycles. The molecule has 1 amide bonds. The quantitative estimate of drug-likeness (QED) is 0.841. The van der Waals surface area contributed by atoms with Gasteiger partial charge in [-0.05, 0) is 55.3 Å². The van der Waals surface area contributed by atoms with E-state index in [1.165, 1.54) is 12.1 Å². The van der Waals surface area contributed by atoms with Crippen molar-refractivity contribution in [1.29, 1.82) is 0 Å². The van der Waals surface area contributed by atoms with Crippen LogP contribution in [-0.2, 0) is 10.0 Å². The molecule has 1 fully saturated rings. The molecule has 0 bridgehead atoms. The van der Waals surface area contributed by atoms with Crippen LogP contribution >= 0.6 is 0 Å². The molecule has 0 unspecified atom stereocenters. The largest absolute Gasteiger partial charge is 0.497 e. The molecule has 7 heteroatoms. The van der Waals surface area contributed by atoms with E-state index < -0.39 is 10.0 Å². The average molecular weight is 346 g/mol. The van der Waals surface area contributed by atoms with Gasteiger partial charge in [0.2, 0.25) is 10.0 Å². The number of anilines is 1. The van der Waals surface area contributed by atoms with E-state index in [2.05, 4.69) is 10.0 Å². The van der Waals surface area contributed by atoms with Gasteiger partial charge in [-0.25, -0.2) is 13.1 Å². The second-order valence-corrected chi connectivity index (χ2v) is 7.32. The summed E-state index contributed by atoms with van der Waals surface area (Å²) in [5, 5.41) is 2.71. The van der Waals surface area contributed by atoms with E-state index in [1.807, 2.05) is 0 Å². The molecule has 0 radical (unpaired) electrons. The van der Waals surface area contributed by atoms with Gasteiger partial charge in [-0.2, -0.15) is 0 Å². The van der Waals surface area contributed by atoms with Gasteiger partial charge in [-0.15, -0.1) is 0 Å². The Morgan fingerprint density at radius 1 is 1.12 bits per heavy atom. The van der Waals surface area contributed by atoms with Crippen LogP contribution in [-0.4, -0.2) is 27.5 Å². The van der Waals surface area contributed by atoms with Gasteiger partial charge in [0, 0.05) is 17.3 Å². The Morgan fingerprint density at radius 3 is 2.46 bits per heavy atom. The number of benzene rings is 2. The lowest BCUT2D eigenvalue weighted by Gasteiger charge is -2.09. The molecule has 3 rings (SSSR count). The molecule has 2 aromatic carbocycles. The Hall–Kier alpha value is -2.38. The molecule has 2 N–H and O–H groups in total. The van der Waals surface area contributed by atoms with Crippen molar-refractivity contribution in [3.8, 4) is 5.75 Å². The van der Waals surface area contributed by atoms with Gasteiger partial charge >= 0.3 is 0 Å². The zero-order valence-electron chi connectivity index (χ0n) is 13.2. The fourth-order valence-corrected chi connectivity index (χ4v) is 3.53. The predicted octanol–water partition coefficient (Wildman–Crippen LogP) is 2.39. The van der Waals surface area contributed by atoms with Gasteiger partial charge < -0.3 is 10.1 Å². The van der Waals surface area contributed by atoms with Crippen LogP contribution in [0.1, 0.15) is 23.2 Å². The second-order valence-electron chi connectivity index (χ2n) is 5.61. The third-order valence-corrected chi connectivity index (χ3v) is 5.17. The van der Waals surface area contributed by atoms with E-state index in [0.717, 1.165) is 12.8 Å². The van der Waals surface area contributed by atoms with E-state index in [1.54, 1.807) is 43.5 Å². The Labute approximate surface area is 140 Å². The topological polar surface area (TPSA) is 84.5 Å². The molecule has 1 aliphatic carbocycles. The molecular formula is C17H18N2O4S. The van der Waals surface area contributed by atoms with Crippen molar-refractivity contribution in [3.05, 3.63) is 54.1 Å². The van der Waals surface area contributed by atoms with Crippen LogP contribution in [0.4, 0.5) is 5.69 Å². The van der Waals surface area contributed by atoms with Crippen LogP contribution < -0.4 is 14.8 Å². The van der Waals surface area contributed by atoms with Crippen LogP contribution in [0.2, 0.25) is 0 Å². The SMILES string of the molecule is COc1ccc(C(=O)Nc2cccc(S(=O)(=O)NC3CC3)c2)cc1. The van der Waals surface area contributed by atoms with E-state index in [9.17, 15) is 13.2 Å². The summed E-state index contributed by atoms with van der Waals surface area (Å²) in [6, 6.07) is 12.9. The number of hydrogen-bond donors (Lipinski definition) is 2. The normalized spacial score (nSPS) is 14.2. The molecule has 0 aromatic heterocycles. The molecule has 6 nitrogen and oxygen atoms in total. The molecule has 1 aliphatic rings. The predicted molar refractivity (Wildman–Crippen MR) is 90.7 cm³/mol. The Kier molecular flexibility index (Phi) is 4.55. The molecule has 0 spiro atoms. The number of ether oxygens (including phenoxy) is 1. The highest BCUT2D eigenvalue weighted by atomic mass is 32.2. The van der Waals surface area contributed by atoms with Gasteiger partial charge in [0.1, 0.15) is 5.75 Å². The molecule has 126 valence electrons. The van der Waals surface area contributed by atoms with Gasteiger partial charge in [0.25, 0.3) is 5.91 Å². The highest BCUT2D eigenvalue weighted by molar-refractivity contribution is 7.89. The zero-order chi connectivity index (χ0) is 17.2. The molecule has 1 saturated carbocycles. The number of hydrogen-bond acceptors (Lipinski definition) is 4. The van der Waals surface area contributed by atoms with Crippen LogP contribution in [0, 0.1) is 0 Å². The van der Waals surface area contributed by atoms with Crippen molar-refractivity contribution >= 4 is 21.6 Å². The van der Waals surface area contributed by atoms with Crippen LogP contribution in [0.5, 0.6) is 5.75 Å². The smallest absolute Gasteiger partial charge is 0.255 e. The fourth-order valence-electron chi connectivity index (χ4n) is 2.18. The Bertz CT molecular complexity index is 843. The maximum atomic E-state index is 12.2. The first-order chi connectivity index (χ1) is 11.5. The van der Waals surface area contributed by atoms with E-state index in [0.29, 0.717) is 17.0 Å². The summed E-state index contributed by atoms with van der Waals surface area (Å²) in [6.45, 7) is 0. The average Bonchev–Trinajstić information content (AvgIpc) is 3.38. The lowest BCUT2D eigenvalue weighted by Crippen LogP contribution is -2.25. The summed E-state index contributed by atoms with van der Waals surface area (Å²) in [6.07, 6.45) is 1.74. The number of rotatable bonds is 6. The maximum Gasteiger partial charge on any atom is 0.255 e. The van der Waals surface area contributed by atoms with Crippen molar-refractivity contribution in [2.45, 2.75) is 23.8 Å². The van der Waals surface area contributed by atoms with Crippen LogP contribution in [0.3, 0.4) is 0 Å². The van der Waals surface area contributed by atoms with Gasteiger partial charge in [-0.1, -0.05) is 6.07 Å². The van der Waals surface area contributed by atoms with Gasteiger partial charge in [0.15, 0.2) is 0 Å². The van der Waals surface area contributed by atoms with Crippen LogP contribution in [0.15, 0.2) is 53.4 Å². The molecule has 0 saturated heterocycles. The molecule has 2 aromatic rings. The first kappa shape index (κ1) is 16.5. The number of amides is 1. The van der Waals surface area contributed by atoms with Crippen molar-refractivity contribution in [3.63, 3.8) is 0 Å². The second kappa shape index (κ2) is 6.62. The minimum Gasteiger partial charge on any atom is -0.497 e. The molecule has 0 heterocycles. The lowest BCUT2D eigenvalue weighted by molar-refractivity contribution is 0.102. The Morgan fingerprint density at radius 2 is 1.83 bits per heavy atom. The third-order valence-electron chi connectivity index (χ3n) is 3.65. The van der Waals surface area contributed by atoms with E-state index in [4.69, 9.17) is 4.74 Å². The zero-order valence-corrected chi connectivity index (χ0v) is 14.0. The number of nitrogens with one attached hydrogen (secondary N) is 2. The molecule has 24 heavy (non-hydrogen) atoms. The fraction of sp³-hybridized carbons (Fsp3) is 0.235. The molecule has 0 atom stereocenters. The summed E-state index contributed by atoms with van der Waals surface area (Å²) < 4.78 is 32.1. The minimum atomic E-state index is -3.55. The first-order valence-electron chi connectivity index (χ1n) is 7.56. The lowest BCUT2D eigenvalue weighted by atomic mass is 10.2. The third kappa shape index (κ3) is 3.93. The summed E-state index contributed by atoms with van der Waals surface area (Å²) in [5.41, 5.74) is 0.884. The summed E-state index contributed by atoms with van der Waals surface area (Å²) in [4.78, 5) is 12.4. The summed E-state index contributed by atoms with van der Waals surface area (Å²) >= 11 is 0. The van der Waals surface area contributed by atoms with Gasteiger partial charge in [-0.3, -0.25) is 4.79 Å². The van der Waals surface area contributed by atoms with Crippen molar-refractivity contribution < 1.29 is 17.9 Å². The molecular weight excluding hydrogens is 328 g/mol. The summed E-state index contributed by atoms with van der Waals surface area (Å²) in [7, 11) is -1.99. The number of methoxy groups -OCH3 is 1. The number of carbonyl (C=O) groups is 1. The van der Waals surface area contributed by atoms with E-state index >= 15 is 0 Å². The first-order valence-corrected chi connectivity index (χ1v) is 9.04. The standard InChI is InChI=1S/C17H18N2O4S/c1-23-15-9-5-12(6-10-15)17(20)18-14-3-2-4-16(11-14)24(21,22)19-13-7-8-13/h2-6,9-11,13,19H,7-8H2,1H3,(H,18,20). The summed E-state index contributed by atoms with van der Waals surface area (Å²) in [5.74, 6) is 0.341. The van der Waals surface area contributed by atoms with Crippen molar-refractivity contribution in [1.82, 2.24) is 4.72 Å². The van der Waals surface area contributed by atoms with Crippen LogP contribution in [0.25, 0.3) is 0 Å². The van der Waals surface area contributed by atoms with Crippen molar-refractivity contribution in [2.75, 3.05) is 12.4 Å². The Balaban J connectivity index is 1.74.